The molecule has 0 bridgehead atoms. The van der Waals surface area contributed by atoms with E-state index in [4.69, 9.17) is 23.7 Å². The Kier molecular flexibility index (Phi) is 8.20. The maximum absolute atomic E-state index is 12.2. The third-order valence-corrected chi connectivity index (χ3v) is 4.70. The standard InChI is InChI=1S/C25H27NO6/c1-28-22-14-24(30-3)23(29-2)13-19(22)15-26-25(27)17-32-21-11-9-20(10-12-21)31-16-18-7-5-4-6-8-18/h4-14H,15-17H2,1-3H3,(H,26,27). The van der Waals surface area contributed by atoms with Gasteiger partial charge in [-0.15, -0.1) is 0 Å². The zero-order valence-electron chi connectivity index (χ0n) is 18.4. The fraction of sp³-hybridized carbons (Fsp3) is 0.240. The van der Waals surface area contributed by atoms with Crippen molar-refractivity contribution in [2.75, 3.05) is 27.9 Å². The molecule has 0 saturated carbocycles. The molecule has 0 aliphatic heterocycles. The van der Waals surface area contributed by atoms with Gasteiger partial charge in [-0.1, -0.05) is 30.3 Å². The summed E-state index contributed by atoms with van der Waals surface area (Å²) in [6.45, 7) is 0.640. The smallest absolute Gasteiger partial charge is 0.258 e. The number of rotatable bonds is 11. The molecule has 168 valence electrons. The van der Waals surface area contributed by atoms with Crippen molar-refractivity contribution in [1.82, 2.24) is 5.32 Å². The van der Waals surface area contributed by atoms with Gasteiger partial charge in [0.1, 0.15) is 23.9 Å². The molecule has 0 aliphatic rings. The fourth-order valence-corrected chi connectivity index (χ4v) is 3.00. The minimum Gasteiger partial charge on any atom is -0.496 e. The summed E-state index contributed by atoms with van der Waals surface area (Å²) in [5.74, 6) is 2.76. The average Bonchev–Trinajstić information content (AvgIpc) is 2.85. The molecule has 7 heteroatoms. The highest BCUT2D eigenvalue weighted by Crippen LogP contribution is 2.34. The van der Waals surface area contributed by atoms with Crippen LogP contribution in [-0.2, 0) is 17.9 Å². The summed E-state index contributed by atoms with van der Waals surface area (Å²) >= 11 is 0. The minimum atomic E-state index is -0.258. The Morgan fingerprint density at radius 1 is 0.750 bits per heavy atom. The summed E-state index contributed by atoms with van der Waals surface area (Å²) in [7, 11) is 4.67. The molecule has 0 heterocycles. The molecular formula is C25H27NO6. The molecule has 0 saturated heterocycles. The Morgan fingerprint density at radius 3 is 1.97 bits per heavy atom. The Hall–Kier alpha value is -3.87. The van der Waals surface area contributed by atoms with Crippen LogP contribution in [0.4, 0.5) is 0 Å². The molecular weight excluding hydrogens is 410 g/mol. The number of carbonyl (C=O) groups excluding carboxylic acids is 1. The number of amides is 1. The van der Waals surface area contributed by atoms with Gasteiger partial charge >= 0.3 is 0 Å². The molecule has 0 spiro atoms. The highest BCUT2D eigenvalue weighted by molar-refractivity contribution is 5.77. The molecule has 3 aromatic carbocycles. The average molecular weight is 437 g/mol. The van der Waals surface area contributed by atoms with E-state index < -0.39 is 0 Å². The first-order valence-electron chi connectivity index (χ1n) is 10.1. The van der Waals surface area contributed by atoms with Crippen LogP contribution in [-0.4, -0.2) is 33.8 Å². The van der Waals surface area contributed by atoms with Gasteiger partial charge in [0.15, 0.2) is 18.1 Å². The fourth-order valence-electron chi connectivity index (χ4n) is 3.00. The Labute approximate surface area is 187 Å². The van der Waals surface area contributed by atoms with Gasteiger partial charge in [0, 0.05) is 18.2 Å². The summed E-state index contributed by atoms with van der Waals surface area (Å²) in [6.07, 6.45) is 0. The second kappa shape index (κ2) is 11.5. The lowest BCUT2D eigenvalue weighted by Crippen LogP contribution is -2.28. The number of hydrogen-bond donors (Lipinski definition) is 1. The zero-order chi connectivity index (χ0) is 22.8. The first kappa shape index (κ1) is 22.8. The van der Waals surface area contributed by atoms with E-state index in [1.807, 2.05) is 42.5 Å². The molecule has 0 fully saturated rings. The van der Waals surface area contributed by atoms with E-state index in [0.29, 0.717) is 29.6 Å². The quantitative estimate of drug-likeness (QED) is 0.489. The van der Waals surface area contributed by atoms with E-state index in [2.05, 4.69) is 5.32 Å². The van der Waals surface area contributed by atoms with Crippen molar-refractivity contribution in [2.45, 2.75) is 13.2 Å². The molecule has 3 aromatic rings. The van der Waals surface area contributed by atoms with E-state index >= 15 is 0 Å². The SMILES string of the molecule is COc1cc(OC)c(OC)cc1CNC(=O)COc1ccc(OCc2ccccc2)cc1. The predicted molar refractivity (Wildman–Crippen MR) is 121 cm³/mol. The van der Waals surface area contributed by atoms with Crippen molar-refractivity contribution in [2.24, 2.45) is 0 Å². The number of carbonyl (C=O) groups is 1. The van der Waals surface area contributed by atoms with E-state index in [0.717, 1.165) is 16.9 Å². The summed E-state index contributed by atoms with van der Waals surface area (Å²) in [6, 6.07) is 20.6. The van der Waals surface area contributed by atoms with Crippen molar-refractivity contribution in [3.8, 4) is 28.7 Å². The van der Waals surface area contributed by atoms with Crippen LogP contribution >= 0.6 is 0 Å². The van der Waals surface area contributed by atoms with Crippen molar-refractivity contribution < 1.29 is 28.5 Å². The number of benzene rings is 3. The van der Waals surface area contributed by atoms with Crippen molar-refractivity contribution >= 4 is 5.91 Å². The molecule has 0 aromatic heterocycles. The zero-order valence-corrected chi connectivity index (χ0v) is 18.4. The summed E-state index contributed by atoms with van der Waals surface area (Å²) in [5.41, 5.74) is 1.86. The lowest BCUT2D eigenvalue weighted by molar-refractivity contribution is -0.123. The molecule has 32 heavy (non-hydrogen) atoms. The van der Waals surface area contributed by atoms with Crippen LogP contribution in [0.2, 0.25) is 0 Å². The Morgan fingerprint density at radius 2 is 1.34 bits per heavy atom. The highest BCUT2D eigenvalue weighted by Gasteiger charge is 2.13. The van der Waals surface area contributed by atoms with Gasteiger partial charge in [0.2, 0.25) is 0 Å². The van der Waals surface area contributed by atoms with E-state index in [1.54, 1.807) is 45.6 Å². The van der Waals surface area contributed by atoms with Gasteiger partial charge in [-0.05, 0) is 35.9 Å². The largest absolute Gasteiger partial charge is 0.496 e. The van der Waals surface area contributed by atoms with Gasteiger partial charge in [-0.3, -0.25) is 4.79 Å². The van der Waals surface area contributed by atoms with Gasteiger partial charge in [0.25, 0.3) is 5.91 Å². The maximum atomic E-state index is 12.2. The van der Waals surface area contributed by atoms with Gasteiger partial charge in [0.05, 0.1) is 21.3 Å². The number of ether oxygens (including phenoxy) is 5. The highest BCUT2D eigenvalue weighted by atomic mass is 16.5. The van der Waals surface area contributed by atoms with Crippen LogP contribution in [0.15, 0.2) is 66.7 Å². The van der Waals surface area contributed by atoms with Crippen LogP contribution in [0.1, 0.15) is 11.1 Å². The number of hydrogen-bond acceptors (Lipinski definition) is 6. The van der Waals surface area contributed by atoms with Crippen LogP contribution < -0.4 is 29.0 Å². The van der Waals surface area contributed by atoms with E-state index in [9.17, 15) is 4.79 Å². The first-order chi connectivity index (χ1) is 15.6. The van der Waals surface area contributed by atoms with Gasteiger partial charge < -0.3 is 29.0 Å². The third kappa shape index (κ3) is 6.31. The van der Waals surface area contributed by atoms with Crippen LogP contribution in [0.5, 0.6) is 28.7 Å². The molecule has 0 unspecified atom stereocenters. The number of nitrogens with one attached hydrogen (secondary N) is 1. The Balaban J connectivity index is 1.48. The lowest BCUT2D eigenvalue weighted by Gasteiger charge is -2.14. The van der Waals surface area contributed by atoms with Crippen molar-refractivity contribution in [3.63, 3.8) is 0 Å². The summed E-state index contributed by atoms with van der Waals surface area (Å²) in [5, 5.41) is 2.82. The van der Waals surface area contributed by atoms with E-state index in [1.165, 1.54) is 0 Å². The van der Waals surface area contributed by atoms with Crippen molar-refractivity contribution in [3.05, 3.63) is 77.9 Å². The molecule has 0 radical (unpaired) electrons. The molecule has 0 atom stereocenters. The van der Waals surface area contributed by atoms with Gasteiger partial charge in [-0.25, -0.2) is 0 Å². The normalized spacial score (nSPS) is 10.2. The molecule has 7 nitrogen and oxygen atoms in total. The molecule has 0 aliphatic carbocycles. The van der Waals surface area contributed by atoms with E-state index in [-0.39, 0.29) is 19.1 Å². The number of methoxy groups -OCH3 is 3. The third-order valence-electron chi connectivity index (χ3n) is 4.70. The second-order valence-electron chi connectivity index (χ2n) is 6.83. The monoisotopic (exact) mass is 437 g/mol. The first-order valence-corrected chi connectivity index (χ1v) is 10.1. The van der Waals surface area contributed by atoms with Gasteiger partial charge in [-0.2, -0.15) is 0 Å². The second-order valence-corrected chi connectivity index (χ2v) is 6.83. The topological polar surface area (TPSA) is 75.2 Å². The summed E-state index contributed by atoms with van der Waals surface area (Å²) in [4.78, 5) is 12.2. The lowest BCUT2D eigenvalue weighted by atomic mass is 10.1. The molecule has 3 rings (SSSR count). The molecule has 1 N–H and O–H groups in total. The van der Waals surface area contributed by atoms with Crippen LogP contribution in [0.3, 0.4) is 0 Å². The minimum absolute atomic E-state index is 0.111. The van der Waals surface area contributed by atoms with Crippen LogP contribution in [0, 0.1) is 0 Å². The predicted octanol–water partition coefficient (Wildman–Crippen LogP) is 3.99. The molecule has 1 amide bonds. The maximum Gasteiger partial charge on any atom is 0.258 e. The van der Waals surface area contributed by atoms with Crippen molar-refractivity contribution in [1.29, 1.82) is 0 Å². The van der Waals surface area contributed by atoms with Crippen LogP contribution in [0.25, 0.3) is 0 Å². The Bertz CT molecular complexity index is 1000. The summed E-state index contributed by atoms with van der Waals surface area (Å²) < 4.78 is 27.3.